The summed E-state index contributed by atoms with van der Waals surface area (Å²) in [7, 11) is 1.71. The second-order valence-electron chi connectivity index (χ2n) is 4.98. The van der Waals surface area contributed by atoms with E-state index in [1.165, 1.54) is 18.2 Å². The highest BCUT2D eigenvalue weighted by atomic mass is 16.3. The molecular weight excluding hydrogens is 232 g/mol. The standard InChI is InChI=1S/C13H18N2O3/c1-15(7-8-4-9(14)5-8)13(18)11-3-2-10(16)6-12(11)17/h2-3,6,8-9,16-17H,4-5,7,14H2,1H3. The van der Waals surface area contributed by atoms with Crippen LogP contribution in [-0.2, 0) is 0 Å². The van der Waals surface area contributed by atoms with E-state index in [-0.39, 0.29) is 29.0 Å². The molecule has 98 valence electrons. The largest absolute Gasteiger partial charge is 0.508 e. The molecule has 1 fully saturated rings. The number of benzene rings is 1. The van der Waals surface area contributed by atoms with E-state index in [1.807, 2.05) is 0 Å². The van der Waals surface area contributed by atoms with Gasteiger partial charge in [-0.2, -0.15) is 0 Å². The fraction of sp³-hybridized carbons (Fsp3) is 0.462. The molecule has 1 aromatic carbocycles. The number of hydrogen-bond acceptors (Lipinski definition) is 4. The molecule has 1 aliphatic rings. The summed E-state index contributed by atoms with van der Waals surface area (Å²) >= 11 is 0. The summed E-state index contributed by atoms with van der Waals surface area (Å²) in [6.07, 6.45) is 1.89. The van der Waals surface area contributed by atoms with Gasteiger partial charge >= 0.3 is 0 Å². The molecule has 0 unspecified atom stereocenters. The average Bonchev–Trinajstić information content (AvgIpc) is 2.26. The van der Waals surface area contributed by atoms with Gasteiger partial charge in [0.1, 0.15) is 11.5 Å². The van der Waals surface area contributed by atoms with E-state index in [2.05, 4.69) is 0 Å². The van der Waals surface area contributed by atoms with Crippen LogP contribution in [0.15, 0.2) is 18.2 Å². The van der Waals surface area contributed by atoms with Gasteiger partial charge in [0.05, 0.1) is 5.56 Å². The minimum absolute atomic E-state index is 0.0586. The molecule has 1 aliphatic carbocycles. The van der Waals surface area contributed by atoms with Crippen molar-refractivity contribution < 1.29 is 15.0 Å². The Morgan fingerprint density at radius 1 is 1.44 bits per heavy atom. The van der Waals surface area contributed by atoms with Crippen LogP contribution in [0.1, 0.15) is 23.2 Å². The van der Waals surface area contributed by atoms with Crippen LogP contribution in [0.5, 0.6) is 11.5 Å². The summed E-state index contributed by atoms with van der Waals surface area (Å²) in [5.74, 6) is -0.0463. The molecule has 5 heteroatoms. The van der Waals surface area contributed by atoms with E-state index in [0.717, 1.165) is 12.8 Å². The van der Waals surface area contributed by atoms with E-state index in [1.54, 1.807) is 11.9 Å². The van der Waals surface area contributed by atoms with Gasteiger partial charge in [-0.15, -0.1) is 0 Å². The normalized spacial score (nSPS) is 22.3. The van der Waals surface area contributed by atoms with E-state index in [4.69, 9.17) is 5.73 Å². The fourth-order valence-electron chi connectivity index (χ4n) is 2.31. The molecule has 0 heterocycles. The number of amides is 1. The Balaban J connectivity index is 2.01. The highest BCUT2D eigenvalue weighted by Crippen LogP contribution is 2.28. The molecule has 0 spiro atoms. The second-order valence-corrected chi connectivity index (χ2v) is 4.98. The summed E-state index contributed by atoms with van der Waals surface area (Å²) in [5, 5.41) is 18.8. The third-order valence-corrected chi connectivity index (χ3v) is 3.36. The van der Waals surface area contributed by atoms with Gasteiger partial charge in [0, 0.05) is 25.7 Å². The first-order valence-electron chi connectivity index (χ1n) is 6.00. The van der Waals surface area contributed by atoms with Crippen molar-refractivity contribution in [3.63, 3.8) is 0 Å². The van der Waals surface area contributed by atoms with Crippen molar-refractivity contribution in [1.82, 2.24) is 4.90 Å². The summed E-state index contributed by atoms with van der Waals surface area (Å²) in [6.45, 7) is 0.646. The molecule has 1 saturated carbocycles. The molecule has 1 aromatic rings. The number of phenolic OH excluding ortho intramolecular Hbond substituents is 2. The molecule has 0 aromatic heterocycles. The highest BCUT2D eigenvalue weighted by molar-refractivity contribution is 5.96. The lowest BCUT2D eigenvalue weighted by atomic mass is 9.80. The monoisotopic (exact) mass is 250 g/mol. The number of rotatable bonds is 3. The molecule has 0 bridgehead atoms. The van der Waals surface area contributed by atoms with Gasteiger partial charge < -0.3 is 20.8 Å². The summed E-state index contributed by atoms with van der Waals surface area (Å²) in [5.41, 5.74) is 5.91. The maximum atomic E-state index is 12.1. The van der Waals surface area contributed by atoms with Crippen molar-refractivity contribution in [2.45, 2.75) is 18.9 Å². The third-order valence-electron chi connectivity index (χ3n) is 3.36. The Bertz CT molecular complexity index is 456. The van der Waals surface area contributed by atoms with E-state index < -0.39 is 0 Å². The van der Waals surface area contributed by atoms with Gasteiger partial charge in [-0.05, 0) is 30.9 Å². The molecule has 0 aliphatic heterocycles. The third kappa shape index (κ3) is 2.56. The highest BCUT2D eigenvalue weighted by Gasteiger charge is 2.28. The molecule has 0 saturated heterocycles. The lowest BCUT2D eigenvalue weighted by Crippen LogP contribution is -2.43. The summed E-state index contributed by atoms with van der Waals surface area (Å²) in [4.78, 5) is 13.7. The Kier molecular flexibility index (Phi) is 3.43. The Morgan fingerprint density at radius 2 is 2.11 bits per heavy atom. The van der Waals surface area contributed by atoms with Gasteiger partial charge in [0.2, 0.25) is 0 Å². The Morgan fingerprint density at radius 3 is 2.67 bits per heavy atom. The Labute approximate surface area is 106 Å². The molecule has 0 atom stereocenters. The van der Waals surface area contributed by atoms with Crippen LogP contribution < -0.4 is 5.73 Å². The van der Waals surface area contributed by atoms with Crippen LogP contribution in [-0.4, -0.2) is 40.7 Å². The minimum atomic E-state index is -0.243. The van der Waals surface area contributed by atoms with Crippen molar-refractivity contribution in [2.24, 2.45) is 11.7 Å². The van der Waals surface area contributed by atoms with Crippen LogP contribution in [0.2, 0.25) is 0 Å². The zero-order chi connectivity index (χ0) is 13.3. The zero-order valence-corrected chi connectivity index (χ0v) is 10.3. The Hall–Kier alpha value is -1.75. The molecule has 5 nitrogen and oxygen atoms in total. The predicted octanol–water partition coefficient (Wildman–Crippen LogP) is 0.907. The number of aromatic hydroxyl groups is 2. The first-order valence-corrected chi connectivity index (χ1v) is 6.00. The van der Waals surface area contributed by atoms with E-state index >= 15 is 0 Å². The molecule has 18 heavy (non-hydrogen) atoms. The second kappa shape index (κ2) is 4.86. The molecular formula is C13H18N2O3. The number of carbonyl (C=O) groups excluding carboxylic acids is 1. The van der Waals surface area contributed by atoms with Crippen LogP contribution in [0.3, 0.4) is 0 Å². The first-order chi connectivity index (χ1) is 8.47. The quantitative estimate of drug-likeness (QED) is 0.744. The summed E-state index contributed by atoms with van der Waals surface area (Å²) < 4.78 is 0. The SMILES string of the molecule is CN(CC1CC(N)C1)C(=O)c1ccc(O)cc1O. The zero-order valence-electron chi connectivity index (χ0n) is 10.3. The van der Waals surface area contributed by atoms with Crippen LogP contribution >= 0.6 is 0 Å². The predicted molar refractivity (Wildman–Crippen MR) is 67.4 cm³/mol. The maximum Gasteiger partial charge on any atom is 0.257 e. The molecule has 0 radical (unpaired) electrons. The van der Waals surface area contributed by atoms with E-state index in [9.17, 15) is 15.0 Å². The average molecular weight is 250 g/mol. The first kappa shape index (κ1) is 12.7. The lowest BCUT2D eigenvalue weighted by molar-refractivity contribution is 0.0731. The lowest BCUT2D eigenvalue weighted by Gasteiger charge is -2.35. The number of hydrogen-bond donors (Lipinski definition) is 3. The minimum Gasteiger partial charge on any atom is -0.508 e. The fourth-order valence-corrected chi connectivity index (χ4v) is 2.31. The van der Waals surface area contributed by atoms with Gasteiger partial charge in [0.25, 0.3) is 5.91 Å². The van der Waals surface area contributed by atoms with Crippen LogP contribution in [0.25, 0.3) is 0 Å². The molecule has 1 amide bonds. The molecule has 2 rings (SSSR count). The number of nitrogens with zero attached hydrogens (tertiary/aromatic N) is 1. The van der Waals surface area contributed by atoms with Gasteiger partial charge in [-0.25, -0.2) is 0 Å². The molecule has 4 N–H and O–H groups in total. The van der Waals surface area contributed by atoms with Gasteiger partial charge in [-0.3, -0.25) is 4.79 Å². The van der Waals surface area contributed by atoms with Gasteiger partial charge in [-0.1, -0.05) is 0 Å². The van der Waals surface area contributed by atoms with Crippen LogP contribution in [0, 0.1) is 5.92 Å². The van der Waals surface area contributed by atoms with Crippen molar-refractivity contribution in [3.05, 3.63) is 23.8 Å². The summed E-state index contributed by atoms with van der Waals surface area (Å²) in [6, 6.07) is 4.25. The van der Waals surface area contributed by atoms with Crippen molar-refractivity contribution in [2.75, 3.05) is 13.6 Å². The maximum absolute atomic E-state index is 12.1. The topological polar surface area (TPSA) is 86.8 Å². The van der Waals surface area contributed by atoms with Gasteiger partial charge in [0.15, 0.2) is 0 Å². The van der Waals surface area contributed by atoms with Crippen molar-refractivity contribution >= 4 is 5.91 Å². The number of carbonyl (C=O) groups is 1. The van der Waals surface area contributed by atoms with Crippen LogP contribution in [0.4, 0.5) is 0 Å². The van der Waals surface area contributed by atoms with Crippen molar-refractivity contribution in [3.8, 4) is 11.5 Å². The smallest absolute Gasteiger partial charge is 0.257 e. The van der Waals surface area contributed by atoms with E-state index in [0.29, 0.717) is 12.5 Å². The van der Waals surface area contributed by atoms with Crippen molar-refractivity contribution in [1.29, 1.82) is 0 Å². The number of nitrogens with two attached hydrogens (primary N) is 1. The number of phenols is 2.